The summed E-state index contributed by atoms with van der Waals surface area (Å²) in [6.07, 6.45) is 1.17. The molecule has 5 heteroatoms. The van der Waals surface area contributed by atoms with Crippen LogP contribution in [0.5, 0.6) is 0 Å². The maximum absolute atomic E-state index is 11.1. The van der Waals surface area contributed by atoms with Gasteiger partial charge in [-0.15, -0.1) is 0 Å². The van der Waals surface area contributed by atoms with E-state index in [0.717, 1.165) is 44.2 Å². The van der Waals surface area contributed by atoms with Gasteiger partial charge in [-0.05, 0) is 32.0 Å². The molecule has 2 heterocycles. The van der Waals surface area contributed by atoms with E-state index in [-0.39, 0.29) is 0 Å². The topological polar surface area (TPSA) is 56.7 Å². The Hall–Kier alpha value is -1.62. The smallest absolute Gasteiger partial charge is 0.335 e. The molecule has 0 saturated carbocycles. The van der Waals surface area contributed by atoms with Crippen molar-refractivity contribution in [1.82, 2.24) is 9.88 Å². The molecule has 0 aromatic carbocycles. The van der Waals surface area contributed by atoms with Crippen LogP contribution in [0.2, 0.25) is 0 Å². The first kappa shape index (κ1) is 13.8. The van der Waals surface area contributed by atoms with E-state index in [1.54, 1.807) is 12.1 Å². The van der Waals surface area contributed by atoms with Crippen molar-refractivity contribution in [2.24, 2.45) is 0 Å². The van der Waals surface area contributed by atoms with Crippen LogP contribution in [0.3, 0.4) is 0 Å². The number of aromatic carboxylic acids is 1. The largest absolute Gasteiger partial charge is 0.478 e. The molecular formula is C14H21N3O2. The number of hydrogen-bond donors (Lipinski definition) is 1. The van der Waals surface area contributed by atoms with Gasteiger partial charge in [-0.25, -0.2) is 9.78 Å². The summed E-state index contributed by atoms with van der Waals surface area (Å²) in [6.45, 7) is 9.02. The molecule has 0 bridgehead atoms. The van der Waals surface area contributed by atoms with E-state index in [1.807, 2.05) is 6.92 Å². The normalized spacial score (nSPS) is 16.6. The molecule has 1 aliphatic heterocycles. The average molecular weight is 263 g/mol. The molecule has 2 rings (SSSR count). The van der Waals surface area contributed by atoms with Crippen molar-refractivity contribution >= 4 is 11.8 Å². The number of carboxylic acids is 1. The third kappa shape index (κ3) is 3.44. The van der Waals surface area contributed by atoms with Crippen LogP contribution in [-0.4, -0.2) is 53.7 Å². The zero-order chi connectivity index (χ0) is 13.8. The molecule has 5 nitrogen and oxygen atoms in total. The number of hydrogen-bond acceptors (Lipinski definition) is 4. The number of aryl methyl sites for hydroxylation is 1. The summed E-state index contributed by atoms with van der Waals surface area (Å²) in [5.41, 5.74) is 1.07. The predicted molar refractivity (Wildman–Crippen MR) is 74.9 cm³/mol. The molecule has 1 aromatic rings. The summed E-state index contributed by atoms with van der Waals surface area (Å²) in [5, 5.41) is 9.09. The molecular weight excluding hydrogens is 242 g/mol. The Bertz CT molecular complexity index is 454. The van der Waals surface area contributed by atoms with Crippen LogP contribution in [0.1, 0.15) is 29.4 Å². The minimum atomic E-state index is -0.892. The first-order chi connectivity index (χ1) is 9.10. The average Bonchev–Trinajstić information content (AvgIpc) is 2.39. The fourth-order valence-electron chi connectivity index (χ4n) is 2.45. The van der Waals surface area contributed by atoms with Gasteiger partial charge in [0.05, 0.1) is 5.56 Å². The highest BCUT2D eigenvalue weighted by molar-refractivity contribution is 5.88. The summed E-state index contributed by atoms with van der Waals surface area (Å²) in [6, 6.07) is 3.28. The van der Waals surface area contributed by atoms with E-state index in [0.29, 0.717) is 5.56 Å². The van der Waals surface area contributed by atoms with Gasteiger partial charge < -0.3 is 10.0 Å². The fraction of sp³-hybridized carbons (Fsp3) is 0.571. The molecule has 1 saturated heterocycles. The summed E-state index contributed by atoms with van der Waals surface area (Å²) in [4.78, 5) is 20.1. The van der Waals surface area contributed by atoms with Crippen LogP contribution in [0.15, 0.2) is 12.1 Å². The number of rotatable bonds is 4. The number of aromatic nitrogens is 1. The molecule has 19 heavy (non-hydrogen) atoms. The van der Waals surface area contributed by atoms with Crippen LogP contribution < -0.4 is 4.90 Å². The van der Waals surface area contributed by atoms with Gasteiger partial charge in [0.15, 0.2) is 0 Å². The third-order valence-electron chi connectivity index (χ3n) is 3.42. The lowest BCUT2D eigenvalue weighted by molar-refractivity contribution is 0.0696. The second-order valence-corrected chi connectivity index (χ2v) is 4.99. The molecule has 1 N–H and O–H groups in total. The van der Waals surface area contributed by atoms with Gasteiger partial charge in [0.1, 0.15) is 5.82 Å². The molecule has 1 fully saturated rings. The van der Waals surface area contributed by atoms with Gasteiger partial charge in [-0.1, -0.05) is 6.92 Å². The van der Waals surface area contributed by atoms with Gasteiger partial charge in [0.25, 0.3) is 0 Å². The van der Waals surface area contributed by atoms with E-state index in [2.05, 4.69) is 21.7 Å². The molecule has 0 atom stereocenters. The molecule has 0 unspecified atom stereocenters. The zero-order valence-electron chi connectivity index (χ0n) is 11.6. The highest BCUT2D eigenvalue weighted by Gasteiger charge is 2.18. The van der Waals surface area contributed by atoms with Crippen LogP contribution in [-0.2, 0) is 0 Å². The Morgan fingerprint density at radius 2 is 2.00 bits per heavy atom. The van der Waals surface area contributed by atoms with Crippen molar-refractivity contribution in [2.75, 3.05) is 37.6 Å². The molecule has 1 aliphatic rings. The number of carboxylic acid groups (broad SMARTS) is 1. The predicted octanol–water partition coefficient (Wildman–Crippen LogP) is 1.62. The van der Waals surface area contributed by atoms with Crippen LogP contribution in [0, 0.1) is 6.92 Å². The van der Waals surface area contributed by atoms with Crippen LogP contribution >= 0.6 is 0 Å². The lowest BCUT2D eigenvalue weighted by atomic mass is 10.2. The van der Waals surface area contributed by atoms with Gasteiger partial charge in [-0.2, -0.15) is 0 Å². The maximum atomic E-state index is 11.1. The standard InChI is InChI=1S/C14H21N3O2/c1-3-4-16-5-7-17(8-6-16)13-10-12(14(18)19)9-11(2)15-13/h9-10H,3-8H2,1-2H3,(H,18,19). The van der Waals surface area contributed by atoms with Crippen molar-refractivity contribution in [3.63, 3.8) is 0 Å². The SMILES string of the molecule is CCCN1CCN(c2cc(C(=O)O)cc(C)n2)CC1. The number of carbonyl (C=O) groups is 1. The lowest BCUT2D eigenvalue weighted by Crippen LogP contribution is -2.46. The van der Waals surface area contributed by atoms with E-state index in [9.17, 15) is 4.79 Å². The van der Waals surface area contributed by atoms with Crippen molar-refractivity contribution in [3.8, 4) is 0 Å². The molecule has 1 aromatic heterocycles. The van der Waals surface area contributed by atoms with Crippen molar-refractivity contribution in [3.05, 3.63) is 23.4 Å². The highest BCUT2D eigenvalue weighted by Crippen LogP contribution is 2.17. The molecule has 0 radical (unpaired) electrons. The monoisotopic (exact) mass is 263 g/mol. The lowest BCUT2D eigenvalue weighted by Gasteiger charge is -2.35. The van der Waals surface area contributed by atoms with Crippen molar-refractivity contribution in [1.29, 1.82) is 0 Å². The summed E-state index contributed by atoms with van der Waals surface area (Å²) in [5.74, 6) is -0.107. The first-order valence-electron chi connectivity index (χ1n) is 6.79. The van der Waals surface area contributed by atoms with Gasteiger partial charge in [0, 0.05) is 31.9 Å². The third-order valence-corrected chi connectivity index (χ3v) is 3.42. The van der Waals surface area contributed by atoms with Gasteiger partial charge in [-0.3, -0.25) is 4.90 Å². The Morgan fingerprint density at radius 1 is 1.32 bits per heavy atom. The zero-order valence-corrected chi connectivity index (χ0v) is 11.6. The second kappa shape index (κ2) is 6.02. The van der Waals surface area contributed by atoms with Crippen LogP contribution in [0.25, 0.3) is 0 Å². The van der Waals surface area contributed by atoms with E-state index < -0.39 is 5.97 Å². The van der Waals surface area contributed by atoms with Crippen molar-refractivity contribution in [2.45, 2.75) is 20.3 Å². The van der Waals surface area contributed by atoms with E-state index >= 15 is 0 Å². The summed E-state index contributed by atoms with van der Waals surface area (Å²) in [7, 11) is 0. The molecule has 104 valence electrons. The minimum absolute atomic E-state index is 0.318. The Morgan fingerprint density at radius 3 is 2.58 bits per heavy atom. The number of nitrogens with zero attached hydrogens (tertiary/aromatic N) is 3. The van der Waals surface area contributed by atoms with Gasteiger partial charge in [0.2, 0.25) is 0 Å². The Labute approximate surface area is 113 Å². The van der Waals surface area contributed by atoms with E-state index in [1.165, 1.54) is 6.42 Å². The number of anilines is 1. The fourth-order valence-corrected chi connectivity index (χ4v) is 2.45. The molecule has 0 amide bonds. The highest BCUT2D eigenvalue weighted by atomic mass is 16.4. The Balaban J connectivity index is 2.09. The van der Waals surface area contributed by atoms with E-state index in [4.69, 9.17) is 5.11 Å². The van der Waals surface area contributed by atoms with Gasteiger partial charge >= 0.3 is 5.97 Å². The first-order valence-corrected chi connectivity index (χ1v) is 6.79. The number of pyridine rings is 1. The second-order valence-electron chi connectivity index (χ2n) is 4.99. The molecule has 0 aliphatic carbocycles. The Kier molecular flexibility index (Phi) is 4.37. The van der Waals surface area contributed by atoms with Crippen LogP contribution in [0.4, 0.5) is 5.82 Å². The maximum Gasteiger partial charge on any atom is 0.335 e. The van der Waals surface area contributed by atoms with Crippen molar-refractivity contribution < 1.29 is 9.90 Å². The summed E-state index contributed by atoms with van der Waals surface area (Å²) < 4.78 is 0. The minimum Gasteiger partial charge on any atom is -0.478 e. The number of piperazine rings is 1. The quantitative estimate of drug-likeness (QED) is 0.894. The molecule has 0 spiro atoms. The summed E-state index contributed by atoms with van der Waals surface area (Å²) >= 11 is 0.